The highest BCUT2D eigenvalue weighted by Crippen LogP contribution is 2.31. The van der Waals surface area contributed by atoms with Crippen molar-refractivity contribution in [2.75, 3.05) is 31.1 Å². The van der Waals surface area contributed by atoms with Crippen LogP contribution in [0.1, 0.15) is 10.4 Å². The van der Waals surface area contributed by atoms with E-state index < -0.39 is 0 Å². The summed E-state index contributed by atoms with van der Waals surface area (Å²) in [6.07, 6.45) is 1.94. The van der Waals surface area contributed by atoms with Gasteiger partial charge in [0.1, 0.15) is 0 Å². The van der Waals surface area contributed by atoms with Gasteiger partial charge in [-0.2, -0.15) is 4.99 Å². The van der Waals surface area contributed by atoms with Crippen LogP contribution in [0.4, 0.5) is 5.69 Å². The van der Waals surface area contributed by atoms with Crippen LogP contribution >= 0.6 is 23.1 Å². The Labute approximate surface area is 155 Å². The molecule has 0 spiro atoms. The number of piperazine rings is 1. The van der Waals surface area contributed by atoms with Gasteiger partial charge in [-0.15, -0.1) is 11.3 Å². The van der Waals surface area contributed by atoms with Gasteiger partial charge >= 0.3 is 0 Å². The van der Waals surface area contributed by atoms with Crippen LogP contribution in [-0.4, -0.2) is 42.2 Å². The number of hydrogen-bond acceptors (Lipinski definition) is 5. The van der Waals surface area contributed by atoms with E-state index in [1.54, 1.807) is 11.3 Å². The zero-order valence-electron chi connectivity index (χ0n) is 14.0. The number of amides is 1. The third-order valence-corrected chi connectivity index (χ3v) is 6.21. The average Bonchev–Trinajstić information content (AvgIpc) is 3.26. The quantitative estimate of drug-likeness (QED) is 0.754. The number of anilines is 1. The fourth-order valence-electron chi connectivity index (χ4n) is 3.02. The van der Waals surface area contributed by atoms with E-state index in [0.29, 0.717) is 0 Å². The molecule has 0 radical (unpaired) electrons. The molecule has 0 bridgehead atoms. The minimum absolute atomic E-state index is 0.116. The Kier molecular flexibility index (Phi) is 4.63. The summed E-state index contributed by atoms with van der Waals surface area (Å²) < 4.78 is 0. The van der Waals surface area contributed by atoms with Crippen molar-refractivity contribution in [1.82, 2.24) is 4.90 Å². The minimum atomic E-state index is -0.116. The van der Waals surface area contributed by atoms with Gasteiger partial charge < -0.3 is 9.80 Å². The normalized spacial score (nSPS) is 19.6. The smallest absolute Gasteiger partial charge is 0.286 e. The number of hydrogen-bond donors (Lipinski definition) is 0. The first kappa shape index (κ1) is 16.4. The van der Waals surface area contributed by atoms with Crippen molar-refractivity contribution in [3.63, 3.8) is 0 Å². The number of amidine groups is 1. The van der Waals surface area contributed by atoms with Crippen LogP contribution in [0.3, 0.4) is 0 Å². The van der Waals surface area contributed by atoms with E-state index in [1.165, 1.54) is 23.0 Å². The van der Waals surface area contributed by atoms with E-state index >= 15 is 0 Å². The van der Waals surface area contributed by atoms with Gasteiger partial charge in [-0.25, -0.2) is 0 Å². The Morgan fingerprint density at radius 1 is 1.08 bits per heavy atom. The summed E-state index contributed by atoms with van der Waals surface area (Å²) in [5.74, 6) is -0.116. The van der Waals surface area contributed by atoms with Gasteiger partial charge in [-0.05, 0) is 53.9 Å². The fraction of sp³-hybridized carbons (Fsp3) is 0.263. The number of carbonyl (C=O) groups excluding carboxylic acids is 1. The van der Waals surface area contributed by atoms with Gasteiger partial charge in [0.15, 0.2) is 5.17 Å². The van der Waals surface area contributed by atoms with Crippen molar-refractivity contribution in [3.05, 3.63) is 57.1 Å². The summed E-state index contributed by atoms with van der Waals surface area (Å²) >= 11 is 3.13. The average molecular weight is 370 g/mol. The van der Waals surface area contributed by atoms with Crippen molar-refractivity contribution in [1.29, 1.82) is 0 Å². The Morgan fingerprint density at radius 2 is 1.88 bits per heavy atom. The molecule has 1 aromatic carbocycles. The predicted octanol–water partition coefficient (Wildman–Crippen LogP) is 3.85. The standard InChI is InChI=1S/C19H19N3OS2/c1-14-4-2-5-15(12-14)21-7-9-22(10-8-21)19-20-18(23)17(25-19)13-16-6-3-11-24-16/h2-6,11-13H,7-10H2,1H3/b17-13-. The van der Waals surface area contributed by atoms with Crippen LogP contribution in [0.25, 0.3) is 6.08 Å². The van der Waals surface area contributed by atoms with Gasteiger partial charge in [0.05, 0.1) is 4.91 Å². The molecule has 4 rings (SSSR count). The molecule has 1 amide bonds. The first-order valence-corrected chi connectivity index (χ1v) is 10.0. The number of thioether (sulfide) groups is 1. The number of thiophene rings is 1. The predicted molar refractivity (Wildman–Crippen MR) is 107 cm³/mol. The maximum atomic E-state index is 12.2. The lowest BCUT2D eigenvalue weighted by Crippen LogP contribution is -2.47. The minimum Gasteiger partial charge on any atom is -0.368 e. The van der Waals surface area contributed by atoms with Gasteiger partial charge in [0.2, 0.25) is 0 Å². The molecule has 25 heavy (non-hydrogen) atoms. The van der Waals surface area contributed by atoms with Crippen molar-refractivity contribution in [2.45, 2.75) is 6.92 Å². The van der Waals surface area contributed by atoms with Crippen LogP contribution in [0, 0.1) is 6.92 Å². The second kappa shape index (κ2) is 7.06. The topological polar surface area (TPSA) is 35.9 Å². The van der Waals surface area contributed by atoms with Crippen molar-refractivity contribution < 1.29 is 4.79 Å². The molecule has 2 aliphatic rings. The van der Waals surface area contributed by atoms with Crippen LogP contribution < -0.4 is 4.90 Å². The summed E-state index contributed by atoms with van der Waals surface area (Å²) in [7, 11) is 0. The van der Waals surface area contributed by atoms with Crippen LogP contribution in [0.5, 0.6) is 0 Å². The zero-order chi connectivity index (χ0) is 17.2. The molecule has 0 N–H and O–H groups in total. The molecule has 128 valence electrons. The van der Waals surface area contributed by atoms with E-state index in [2.05, 4.69) is 46.0 Å². The van der Waals surface area contributed by atoms with Gasteiger partial charge in [-0.1, -0.05) is 18.2 Å². The lowest BCUT2D eigenvalue weighted by molar-refractivity contribution is -0.113. The van der Waals surface area contributed by atoms with E-state index in [0.717, 1.165) is 41.1 Å². The number of benzene rings is 1. The van der Waals surface area contributed by atoms with E-state index in [-0.39, 0.29) is 5.91 Å². The molecule has 0 saturated carbocycles. The molecule has 0 unspecified atom stereocenters. The van der Waals surface area contributed by atoms with Crippen LogP contribution in [0.2, 0.25) is 0 Å². The summed E-state index contributed by atoms with van der Waals surface area (Å²) in [5.41, 5.74) is 2.56. The van der Waals surface area contributed by atoms with Crippen molar-refractivity contribution in [3.8, 4) is 0 Å². The number of rotatable bonds is 2. The highest BCUT2D eigenvalue weighted by atomic mass is 32.2. The van der Waals surface area contributed by atoms with E-state index in [4.69, 9.17) is 0 Å². The lowest BCUT2D eigenvalue weighted by atomic mass is 10.2. The molecule has 1 fully saturated rings. The molecular weight excluding hydrogens is 350 g/mol. The van der Waals surface area contributed by atoms with Gasteiger partial charge in [-0.3, -0.25) is 4.79 Å². The summed E-state index contributed by atoms with van der Waals surface area (Å²) in [6.45, 7) is 5.79. The first-order valence-electron chi connectivity index (χ1n) is 8.32. The third kappa shape index (κ3) is 3.65. The molecule has 0 aliphatic carbocycles. The number of carbonyl (C=O) groups is 1. The molecule has 4 nitrogen and oxygen atoms in total. The molecule has 2 aliphatic heterocycles. The molecule has 1 saturated heterocycles. The summed E-state index contributed by atoms with van der Waals surface area (Å²) in [5, 5.41) is 2.86. The van der Waals surface area contributed by atoms with Gasteiger partial charge in [0.25, 0.3) is 5.91 Å². The molecule has 6 heteroatoms. The Hall–Kier alpha value is -2.05. The number of aryl methyl sites for hydroxylation is 1. The van der Waals surface area contributed by atoms with Crippen molar-refractivity contribution in [2.24, 2.45) is 4.99 Å². The van der Waals surface area contributed by atoms with Crippen LogP contribution in [-0.2, 0) is 4.79 Å². The maximum absolute atomic E-state index is 12.2. The van der Waals surface area contributed by atoms with Crippen LogP contribution in [0.15, 0.2) is 51.7 Å². The highest BCUT2D eigenvalue weighted by molar-refractivity contribution is 8.18. The fourth-order valence-corrected chi connectivity index (χ4v) is 4.70. The SMILES string of the molecule is Cc1cccc(N2CCN(C3=NC(=O)/C(=C/c4cccs4)S3)CC2)c1. The van der Waals surface area contributed by atoms with E-state index in [9.17, 15) is 4.79 Å². The third-order valence-electron chi connectivity index (χ3n) is 4.34. The molecule has 1 aromatic heterocycles. The highest BCUT2D eigenvalue weighted by Gasteiger charge is 2.28. The Bertz CT molecular complexity index is 834. The second-order valence-electron chi connectivity index (χ2n) is 6.14. The zero-order valence-corrected chi connectivity index (χ0v) is 15.6. The molecule has 0 atom stereocenters. The Morgan fingerprint density at radius 3 is 2.60 bits per heavy atom. The molecule has 3 heterocycles. The summed E-state index contributed by atoms with van der Waals surface area (Å²) in [6, 6.07) is 12.6. The first-order chi connectivity index (χ1) is 12.2. The van der Waals surface area contributed by atoms with Gasteiger partial charge in [0, 0.05) is 36.7 Å². The monoisotopic (exact) mass is 369 g/mol. The number of nitrogens with zero attached hydrogens (tertiary/aromatic N) is 3. The lowest BCUT2D eigenvalue weighted by Gasteiger charge is -2.36. The second-order valence-corrected chi connectivity index (χ2v) is 8.13. The number of aliphatic imine (C=N–C) groups is 1. The summed E-state index contributed by atoms with van der Waals surface area (Å²) in [4.78, 5) is 22.9. The van der Waals surface area contributed by atoms with Crippen molar-refractivity contribution >= 4 is 45.9 Å². The Balaban J connectivity index is 1.40. The molecular formula is C19H19N3OS2. The largest absolute Gasteiger partial charge is 0.368 e. The maximum Gasteiger partial charge on any atom is 0.286 e. The molecule has 2 aromatic rings. The van der Waals surface area contributed by atoms with E-state index in [1.807, 2.05) is 23.6 Å².